The molecule has 1 atom stereocenters. The van der Waals surface area contributed by atoms with Crippen molar-refractivity contribution in [2.75, 3.05) is 29.9 Å². The van der Waals surface area contributed by atoms with Gasteiger partial charge in [-0.2, -0.15) is 0 Å². The van der Waals surface area contributed by atoms with Gasteiger partial charge in [0.05, 0.1) is 12.1 Å². The molecule has 3 rings (SSSR count). The summed E-state index contributed by atoms with van der Waals surface area (Å²) in [6.45, 7) is 1.97. The van der Waals surface area contributed by atoms with Crippen LogP contribution in [0.3, 0.4) is 0 Å². The molecular formula is C18H20N6O. The smallest absolute Gasteiger partial charge is 0.253 e. The van der Waals surface area contributed by atoms with E-state index in [1.807, 2.05) is 12.1 Å². The van der Waals surface area contributed by atoms with Gasteiger partial charge in [0, 0.05) is 37.7 Å². The number of rotatable bonds is 5. The van der Waals surface area contributed by atoms with Gasteiger partial charge in [-0.3, -0.25) is 4.79 Å². The van der Waals surface area contributed by atoms with Crippen LogP contribution in [0.15, 0.2) is 36.8 Å². The summed E-state index contributed by atoms with van der Waals surface area (Å²) in [5.74, 6) is 3.65. The third-order valence-corrected chi connectivity index (χ3v) is 3.99. The number of nitrogens with zero attached hydrogens (tertiary/aromatic N) is 4. The zero-order valence-electron chi connectivity index (χ0n) is 13.9. The molecule has 0 aliphatic carbocycles. The molecule has 25 heavy (non-hydrogen) atoms. The van der Waals surface area contributed by atoms with Gasteiger partial charge in [0.1, 0.15) is 5.82 Å². The minimum absolute atomic E-state index is 0.207. The second-order valence-corrected chi connectivity index (χ2v) is 5.80. The molecule has 1 saturated heterocycles. The Labute approximate surface area is 146 Å². The number of anilines is 2. The fourth-order valence-electron chi connectivity index (χ4n) is 2.79. The fourth-order valence-corrected chi connectivity index (χ4v) is 2.79. The zero-order valence-corrected chi connectivity index (χ0v) is 13.9. The van der Waals surface area contributed by atoms with E-state index in [4.69, 9.17) is 6.42 Å². The van der Waals surface area contributed by atoms with E-state index in [9.17, 15) is 4.79 Å². The maximum absolute atomic E-state index is 11.8. The van der Waals surface area contributed by atoms with Crippen LogP contribution in [0.25, 0.3) is 0 Å². The summed E-state index contributed by atoms with van der Waals surface area (Å²) in [6, 6.07) is 5.62. The largest absolute Gasteiger partial charge is 0.366 e. The first-order valence-electron chi connectivity index (χ1n) is 8.22. The maximum atomic E-state index is 11.8. The monoisotopic (exact) mass is 336 g/mol. The lowest BCUT2D eigenvalue weighted by molar-refractivity contribution is 0.0958. The van der Waals surface area contributed by atoms with E-state index in [0.717, 1.165) is 37.7 Å². The second kappa shape index (κ2) is 8.11. The van der Waals surface area contributed by atoms with Crippen LogP contribution in [0.1, 0.15) is 23.2 Å². The lowest BCUT2D eigenvalue weighted by Crippen LogP contribution is -2.43. The highest BCUT2D eigenvalue weighted by Crippen LogP contribution is 2.18. The van der Waals surface area contributed by atoms with Gasteiger partial charge >= 0.3 is 0 Å². The van der Waals surface area contributed by atoms with Gasteiger partial charge in [-0.15, -0.1) is 6.42 Å². The number of terminal acetylenes is 1. The summed E-state index contributed by atoms with van der Waals surface area (Å²) in [6.07, 6.45) is 12.3. The van der Waals surface area contributed by atoms with E-state index in [0.29, 0.717) is 5.56 Å². The first kappa shape index (κ1) is 16.7. The molecule has 2 aromatic heterocycles. The van der Waals surface area contributed by atoms with E-state index >= 15 is 0 Å². The summed E-state index contributed by atoms with van der Waals surface area (Å²) in [5, 5.41) is 6.03. The average molecular weight is 336 g/mol. The molecule has 1 aliphatic heterocycles. The van der Waals surface area contributed by atoms with Crippen LogP contribution in [0.5, 0.6) is 0 Å². The number of carbonyl (C=O) groups is 1. The van der Waals surface area contributed by atoms with Crippen molar-refractivity contribution in [1.82, 2.24) is 20.3 Å². The number of nitrogens with one attached hydrogen (secondary N) is 2. The molecule has 128 valence electrons. The molecule has 2 N–H and O–H groups in total. The highest BCUT2D eigenvalue weighted by atomic mass is 16.1. The summed E-state index contributed by atoms with van der Waals surface area (Å²) in [7, 11) is 0. The summed E-state index contributed by atoms with van der Waals surface area (Å²) in [5.41, 5.74) is 0.490. The Balaban J connectivity index is 1.58. The summed E-state index contributed by atoms with van der Waals surface area (Å²) in [4.78, 5) is 26.9. The molecule has 7 nitrogen and oxygen atoms in total. The molecule has 3 heterocycles. The van der Waals surface area contributed by atoms with Crippen LogP contribution in [-0.4, -0.2) is 46.5 Å². The highest BCUT2D eigenvalue weighted by Gasteiger charge is 2.21. The fraction of sp³-hybridized carbons (Fsp3) is 0.333. The number of aromatic nitrogens is 3. The summed E-state index contributed by atoms with van der Waals surface area (Å²) >= 11 is 0. The van der Waals surface area contributed by atoms with Crippen LogP contribution in [0, 0.1) is 12.3 Å². The quantitative estimate of drug-likeness (QED) is 0.801. The van der Waals surface area contributed by atoms with Gasteiger partial charge in [-0.05, 0) is 31.0 Å². The first-order chi connectivity index (χ1) is 12.3. The van der Waals surface area contributed by atoms with Crippen molar-refractivity contribution in [2.24, 2.45) is 0 Å². The normalized spacial score (nSPS) is 16.8. The van der Waals surface area contributed by atoms with E-state index < -0.39 is 0 Å². The number of hydrogen-bond donors (Lipinski definition) is 2. The lowest BCUT2D eigenvalue weighted by Gasteiger charge is -2.33. The Hall–Kier alpha value is -3.14. The molecule has 0 bridgehead atoms. The SMILES string of the molecule is C#CCNC(=O)c1ccc(NC2CCCN(c3ncccn3)C2)nc1. The van der Waals surface area contributed by atoms with Crippen molar-refractivity contribution in [3.63, 3.8) is 0 Å². The highest BCUT2D eigenvalue weighted by molar-refractivity contribution is 5.94. The number of pyridine rings is 1. The third kappa shape index (κ3) is 4.44. The number of amides is 1. The van der Waals surface area contributed by atoms with Gasteiger partial charge in [-0.25, -0.2) is 15.0 Å². The standard InChI is InChI=1S/C18H20N6O/c1-2-8-19-17(25)14-6-7-16(22-12-14)23-15-5-3-11-24(13-15)18-20-9-4-10-21-18/h1,4,6-7,9-10,12,15H,3,5,8,11,13H2,(H,19,25)(H,22,23). The first-order valence-corrected chi connectivity index (χ1v) is 8.22. The third-order valence-electron chi connectivity index (χ3n) is 3.99. The minimum atomic E-state index is -0.220. The molecule has 0 spiro atoms. The molecule has 7 heteroatoms. The zero-order chi connectivity index (χ0) is 17.5. The molecule has 1 amide bonds. The Kier molecular flexibility index (Phi) is 5.42. The molecule has 1 fully saturated rings. The van der Waals surface area contributed by atoms with Crippen molar-refractivity contribution < 1.29 is 4.79 Å². The van der Waals surface area contributed by atoms with Gasteiger partial charge in [-0.1, -0.05) is 5.92 Å². The number of piperidine rings is 1. The van der Waals surface area contributed by atoms with E-state index in [1.165, 1.54) is 0 Å². The van der Waals surface area contributed by atoms with Crippen molar-refractivity contribution in [1.29, 1.82) is 0 Å². The van der Waals surface area contributed by atoms with Gasteiger partial charge < -0.3 is 15.5 Å². The van der Waals surface area contributed by atoms with Crippen LogP contribution < -0.4 is 15.5 Å². The second-order valence-electron chi connectivity index (χ2n) is 5.80. The number of hydrogen-bond acceptors (Lipinski definition) is 6. The van der Waals surface area contributed by atoms with Crippen molar-refractivity contribution in [3.05, 3.63) is 42.4 Å². The van der Waals surface area contributed by atoms with Gasteiger partial charge in [0.25, 0.3) is 5.91 Å². The predicted octanol–water partition coefficient (Wildman–Crippen LogP) is 1.32. The van der Waals surface area contributed by atoms with Crippen LogP contribution in [0.2, 0.25) is 0 Å². The van der Waals surface area contributed by atoms with Crippen LogP contribution in [-0.2, 0) is 0 Å². The van der Waals surface area contributed by atoms with E-state index in [1.54, 1.807) is 24.7 Å². The molecule has 0 radical (unpaired) electrons. The molecule has 0 saturated carbocycles. The Morgan fingerprint density at radius 3 is 2.88 bits per heavy atom. The predicted molar refractivity (Wildman–Crippen MR) is 96.3 cm³/mol. The Morgan fingerprint density at radius 1 is 1.32 bits per heavy atom. The number of carbonyl (C=O) groups excluding carboxylic acids is 1. The Bertz CT molecular complexity index is 740. The maximum Gasteiger partial charge on any atom is 0.253 e. The average Bonchev–Trinajstić information content (AvgIpc) is 2.67. The van der Waals surface area contributed by atoms with E-state index in [2.05, 4.69) is 36.4 Å². The molecule has 1 unspecified atom stereocenters. The minimum Gasteiger partial charge on any atom is -0.366 e. The molecule has 0 aromatic carbocycles. The summed E-state index contributed by atoms with van der Waals surface area (Å²) < 4.78 is 0. The van der Waals surface area contributed by atoms with Crippen molar-refractivity contribution in [3.8, 4) is 12.3 Å². The van der Waals surface area contributed by atoms with Gasteiger partial charge in [0.15, 0.2) is 0 Å². The molecule has 2 aromatic rings. The molecule has 1 aliphatic rings. The lowest BCUT2D eigenvalue weighted by atomic mass is 10.1. The molecular weight excluding hydrogens is 316 g/mol. The van der Waals surface area contributed by atoms with Crippen LogP contribution >= 0.6 is 0 Å². The van der Waals surface area contributed by atoms with Gasteiger partial charge in [0.2, 0.25) is 5.95 Å². The Morgan fingerprint density at radius 2 is 2.16 bits per heavy atom. The topological polar surface area (TPSA) is 83.0 Å². The van der Waals surface area contributed by atoms with Crippen molar-refractivity contribution in [2.45, 2.75) is 18.9 Å². The van der Waals surface area contributed by atoms with Crippen molar-refractivity contribution >= 4 is 17.7 Å². The van der Waals surface area contributed by atoms with E-state index in [-0.39, 0.29) is 18.5 Å². The van der Waals surface area contributed by atoms with Crippen LogP contribution in [0.4, 0.5) is 11.8 Å².